The van der Waals surface area contributed by atoms with Crippen molar-refractivity contribution in [2.45, 2.75) is 43.1 Å². The molecular weight excluding hydrogens is 551 g/mol. The number of nitrogens with two attached hydrogens (primary N) is 1. The number of fused-ring (bicyclic) bond motifs is 2. The number of halogens is 5. The third-order valence-electron chi connectivity index (χ3n) is 7.35. The largest absolute Gasteiger partial charge is 0.470 e. The van der Waals surface area contributed by atoms with Gasteiger partial charge >= 0.3 is 0 Å². The van der Waals surface area contributed by atoms with Crippen LogP contribution in [0.3, 0.4) is 0 Å². The van der Waals surface area contributed by atoms with E-state index in [0.717, 1.165) is 17.8 Å². The average molecular weight is 573 g/mol. The number of thioether (sulfide) groups is 1. The molecule has 2 N–H and O–H groups in total. The van der Waals surface area contributed by atoms with Gasteiger partial charge in [0.1, 0.15) is 23.6 Å². The number of ether oxygens (including phenoxy) is 1. The molecule has 0 radical (unpaired) electrons. The minimum Gasteiger partial charge on any atom is -0.470 e. The third-order valence-corrected chi connectivity index (χ3v) is 8.66. The molecule has 0 unspecified atom stereocenters. The number of aliphatic imine (C=N–C) groups is 1. The molecule has 1 aliphatic heterocycles. The van der Waals surface area contributed by atoms with E-state index in [1.165, 1.54) is 43.7 Å². The van der Waals surface area contributed by atoms with Crippen LogP contribution >= 0.6 is 11.8 Å². The molecule has 0 bridgehead atoms. The van der Waals surface area contributed by atoms with Gasteiger partial charge in [0.05, 0.1) is 27.7 Å². The van der Waals surface area contributed by atoms with Gasteiger partial charge in [-0.3, -0.25) is 15.0 Å². The lowest BCUT2D eigenvalue weighted by Crippen LogP contribution is -2.39. The minimum atomic E-state index is -2.69. The van der Waals surface area contributed by atoms with Crippen molar-refractivity contribution in [1.29, 1.82) is 0 Å². The molecule has 40 heavy (non-hydrogen) atoms. The monoisotopic (exact) mass is 572 g/mol. The van der Waals surface area contributed by atoms with Crippen LogP contribution in [-0.4, -0.2) is 36.3 Å². The van der Waals surface area contributed by atoms with E-state index in [1.807, 2.05) is 0 Å². The zero-order valence-electron chi connectivity index (χ0n) is 20.9. The molecule has 7 nitrogen and oxygen atoms in total. The normalized spacial score (nSPS) is 23.7. The first-order valence-electron chi connectivity index (χ1n) is 12.2. The number of rotatable bonds is 7. The number of amidine groups is 1. The Morgan fingerprint density at radius 2 is 1.88 bits per heavy atom. The van der Waals surface area contributed by atoms with Crippen LogP contribution in [0.5, 0.6) is 5.88 Å². The van der Waals surface area contributed by atoms with Crippen LogP contribution in [0, 0.1) is 23.4 Å². The van der Waals surface area contributed by atoms with Gasteiger partial charge < -0.3 is 10.5 Å². The predicted octanol–water partition coefficient (Wildman–Crippen LogP) is 5.31. The summed E-state index contributed by atoms with van der Waals surface area (Å²) >= 11 is 0.794. The Labute approximate surface area is 229 Å². The van der Waals surface area contributed by atoms with Crippen molar-refractivity contribution in [3.63, 3.8) is 0 Å². The first-order valence-corrected chi connectivity index (χ1v) is 13.1. The van der Waals surface area contributed by atoms with Gasteiger partial charge in [-0.05, 0) is 49.2 Å². The Bertz CT molecular complexity index is 1670. The first kappa shape index (κ1) is 26.4. The van der Waals surface area contributed by atoms with E-state index in [-0.39, 0.29) is 41.8 Å². The van der Waals surface area contributed by atoms with Gasteiger partial charge in [0.15, 0.2) is 16.8 Å². The number of hydrogen-bond donors (Lipinski definition) is 1. The molecule has 6 rings (SSSR count). The number of alkyl halides is 2. The summed E-state index contributed by atoms with van der Waals surface area (Å²) in [7, 11) is 0. The Hall–Kier alpha value is -3.87. The summed E-state index contributed by atoms with van der Waals surface area (Å²) in [6, 6.07) is 6.80. The van der Waals surface area contributed by atoms with Crippen LogP contribution < -0.4 is 10.5 Å². The highest BCUT2D eigenvalue weighted by Crippen LogP contribution is 2.68. The molecule has 0 spiro atoms. The lowest BCUT2D eigenvalue weighted by Gasteiger charge is -2.34. The summed E-state index contributed by atoms with van der Waals surface area (Å²) in [5.74, 6) is -3.37. The number of benzene rings is 1. The molecule has 1 aliphatic carbocycles. The summed E-state index contributed by atoms with van der Waals surface area (Å²) in [6.07, 6.45) is 1.72. The maximum Gasteiger partial charge on any atom is 0.253 e. The van der Waals surface area contributed by atoms with Gasteiger partial charge in [-0.25, -0.2) is 31.9 Å². The maximum absolute atomic E-state index is 15.2. The van der Waals surface area contributed by atoms with E-state index in [2.05, 4.69) is 24.9 Å². The molecule has 2 aliphatic rings. The lowest BCUT2D eigenvalue weighted by molar-refractivity contribution is 0.123. The zero-order valence-corrected chi connectivity index (χ0v) is 21.7. The van der Waals surface area contributed by atoms with Gasteiger partial charge in [-0.1, -0.05) is 11.8 Å². The highest BCUT2D eigenvalue weighted by Gasteiger charge is 2.71. The molecule has 4 aromatic rings. The number of pyridine rings is 2. The topological polar surface area (TPSA) is 99.2 Å². The summed E-state index contributed by atoms with van der Waals surface area (Å²) in [4.78, 5) is 21.4. The van der Waals surface area contributed by atoms with Crippen molar-refractivity contribution in [3.05, 3.63) is 88.9 Å². The van der Waals surface area contributed by atoms with Crippen LogP contribution in [-0.2, 0) is 18.6 Å². The summed E-state index contributed by atoms with van der Waals surface area (Å²) < 4.78 is 75.8. The quantitative estimate of drug-likeness (QED) is 0.300. The van der Waals surface area contributed by atoms with Crippen LogP contribution in [0.25, 0.3) is 11.0 Å². The molecular formula is C27H21F5N6OS. The van der Waals surface area contributed by atoms with Gasteiger partial charge in [-0.2, -0.15) is 0 Å². The van der Waals surface area contributed by atoms with Gasteiger partial charge in [-0.15, -0.1) is 0 Å². The summed E-state index contributed by atoms with van der Waals surface area (Å²) in [5, 5.41) is -0.0865. The van der Waals surface area contributed by atoms with Crippen molar-refractivity contribution in [3.8, 4) is 5.88 Å². The highest BCUT2D eigenvalue weighted by atomic mass is 32.2. The third kappa shape index (κ3) is 4.41. The van der Waals surface area contributed by atoms with Crippen LogP contribution in [0.15, 0.2) is 53.9 Å². The minimum absolute atomic E-state index is 0.0459. The van der Waals surface area contributed by atoms with E-state index in [0.29, 0.717) is 22.3 Å². The lowest BCUT2D eigenvalue weighted by atomic mass is 9.84. The maximum atomic E-state index is 15.2. The fraction of sp³-hybridized carbons (Fsp3) is 0.296. The molecule has 13 heteroatoms. The summed E-state index contributed by atoms with van der Waals surface area (Å²) in [6.45, 7) is 1.36. The second-order valence-electron chi connectivity index (χ2n) is 9.88. The average Bonchev–Trinajstić information content (AvgIpc) is 3.67. The second kappa shape index (κ2) is 9.65. The van der Waals surface area contributed by atoms with E-state index in [9.17, 15) is 17.6 Å². The van der Waals surface area contributed by atoms with Crippen molar-refractivity contribution in [2.75, 3.05) is 0 Å². The second-order valence-corrected chi connectivity index (χ2v) is 11.3. The molecule has 1 saturated carbocycles. The molecule has 3 aromatic heterocycles. The molecule has 3 atom stereocenters. The molecule has 1 aromatic carbocycles. The number of hydrogen-bond acceptors (Lipinski definition) is 8. The summed E-state index contributed by atoms with van der Waals surface area (Å²) in [5.41, 5.74) is 5.97. The van der Waals surface area contributed by atoms with Crippen molar-refractivity contribution < 1.29 is 26.7 Å². The van der Waals surface area contributed by atoms with E-state index in [1.54, 1.807) is 6.07 Å². The zero-order chi connectivity index (χ0) is 28.2. The predicted molar refractivity (Wildman–Crippen MR) is 138 cm³/mol. The Balaban J connectivity index is 1.30. The van der Waals surface area contributed by atoms with Crippen LogP contribution in [0.2, 0.25) is 0 Å². The van der Waals surface area contributed by atoms with Crippen molar-refractivity contribution >= 4 is 28.0 Å². The van der Waals surface area contributed by atoms with E-state index < -0.39 is 40.1 Å². The standard InChI is InChI=1S/C27H21F5N6OS/c1-26(20-10-27(20,24(31)32)40-25(33)38-26)14-7-13(8-16(29)22(14)30)9-18-23-17(4-6-35-18)37-21(11-36-23)39-12-19-15(28)3-2-5-34-19/h2-8,11,20,24H,9-10,12H2,1H3,(H2,33,38)/t20-,26+,27-/m0/s1. The van der Waals surface area contributed by atoms with Crippen molar-refractivity contribution in [1.82, 2.24) is 19.9 Å². The van der Waals surface area contributed by atoms with Crippen LogP contribution in [0.1, 0.15) is 35.9 Å². The fourth-order valence-electron chi connectivity index (χ4n) is 5.26. The molecule has 4 heterocycles. The van der Waals surface area contributed by atoms with Gasteiger partial charge in [0.2, 0.25) is 5.88 Å². The molecule has 206 valence electrons. The Morgan fingerprint density at radius 1 is 1.07 bits per heavy atom. The van der Waals surface area contributed by atoms with E-state index >= 15 is 4.39 Å². The first-order chi connectivity index (χ1) is 19.1. The Morgan fingerprint density at radius 3 is 2.65 bits per heavy atom. The number of aromatic nitrogens is 4. The smallest absolute Gasteiger partial charge is 0.253 e. The molecule has 0 saturated heterocycles. The van der Waals surface area contributed by atoms with E-state index in [4.69, 9.17) is 10.5 Å². The Kier molecular flexibility index (Phi) is 6.36. The SMILES string of the molecule is C[C@]1(c2cc(Cc3nccc4nc(OCc5ncccc5F)cnc34)cc(F)c2F)N=C(N)S[C@@]2(C(F)F)C[C@@H]12. The van der Waals surface area contributed by atoms with Gasteiger partial charge in [0, 0.05) is 30.3 Å². The fourth-order valence-corrected chi connectivity index (χ4v) is 6.60. The van der Waals surface area contributed by atoms with Crippen LogP contribution in [0.4, 0.5) is 22.0 Å². The van der Waals surface area contributed by atoms with Gasteiger partial charge in [0.25, 0.3) is 6.43 Å². The van der Waals surface area contributed by atoms with Crippen molar-refractivity contribution in [2.24, 2.45) is 16.6 Å². The number of nitrogens with zero attached hydrogens (tertiary/aromatic N) is 5. The highest BCUT2D eigenvalue weighted by molar-refractivity contribution is 8.15. The molecule has 1 fully saturated rings. The molecule has 0 amide bonds.